The summed E-state index contributed by atoms with van der Waals surface area (Å²) in [5.74, 6) is 0.400. The SMILES string of the molecule is CC1(C(=O)N2CCNCC2)CCCC1. The molecule has 14 heavy (non-hydrogen) atoms. The molecule has 0 aromatic carbocycles. The lowest BCUT2D eigenvalue weighted by Crippen LogP contribution is -2.50. The number of amides is 1. The Morgan fingerprint density at radius 3 is 2.36 bits per heavy atom. The van der Waals surface area contributed by atoms with E-state index >= 15 is 0 Å². The Morgan fingerprint density at radius 1 is 1.21 bits per heavy atom. The lowest BCUT2D eigenvalue weighted by Gasteiger charge is -2.34. The number of piperazine rings is 1. The number of hydrogen-bond acceptors (Lipinski definition) is 2. The van der Waals surface area contributed by atoms with E-state index in [9.17, 15) is 4.79 Å². The molecule has 1 saturated carbocycles. The number of rotatable bonds is 1. The van der Waals surface area contributed by atoms with Crippen molar-refractivity contribution in [1.29, 1.82) is 0 Å². The minimum Gasteiger partial charge on any atom is -0.340 e. The van der Waals surface area contributed by atoms with Gasteiger partial charge in [0, 0.05) is 31.6 Å². The van der Waals surface area contributed by atoms with Crippen LogP contribution in [0.25, 0.3) is 0 Å². The Morgan fingerprint density at radius 2 is 1.79 bits per heavy atom. The van der Waals surface area contributed by atoms with Crippen LogP contribution >= 0.6 is 0 Å². The number of carbonyl (C=O) groups excluding carboxylic acids is 1. The monoisotopic (exact) mass is 196 g/mol. The molecule has 3 nitrogen and oxygen atoms in total. The molecule has 1 aliphatic heterocycles. The molecule has 1 saturated heterocycles. The minimum atomic E-state index is -0.0304. The molecular formula is C11H20N2O. The molecule has 1 N–H and O–H groups in total. The lowest BCUT2D eigenvalue weighted by atomic mass is 9.87. The van der Waals surface area contributed by atoms with Gasteiger partial charge in [0.1, 0.15) is 0 Å². The van der Waals surface area contributed by atoms with Gasteiger partial charge in [-0.25, -0.2) is 0 Å². The summed E-state index contributed by atoms with van der Waals surface area (Å²) in [5.41, 5.74) is -0.0304. The molecule has 2 fully saturated rings. The molecule has 0 radical (unpaired) electrons. The molecule has 0 spiro atoms. The summed E-state index contributed by atoms with van der Waals surface area (Å²) >= 11 is 0. The molecular weight excluding hydrogens is 176 g/mol. The summed E-state index contributed by atoms with van der Waals surface area (Å²) in [4.78, 5) is 14.3. The molecule has 1 aliphatic carbocycles. The normalized spacial score (nSPS) is 26.5. The van der Waals surface area contributed by atoms with E-state index in [1.807, 2.05) is 4.90 Å². The molecule has 2 aliphatic rings. The highest BCUT2D eigenvalue weighted by Crippen LogP contribution is 2.39. The van der Waals surface area contributed by atoms with E-state index in [4.69, 9.17) is 0 Å². The van der Waals surface area contributed by atoms with Crippen molar-refractivity contribution in [3.8, 4) is 0 Å². The number of carbonyl (C=O) groups is 1. The highest BCUT2D eigenvalue weighted by atomic mass is 16.2. The number of nitrogens with zero attached hydrogens (tertiary/aromatic N) is 1. The van der Waals surface area contributed by atoms with Gasteiger partial charge in [-0.2, -0.15) is 0 Å². The van der Waals surface area contributed by atoms with Gasteiger partial charge in [0.2, 0.25) is 5.91 Å². The summed E-state index contributed by atoms with van der Waals surface area (Å²) in [6.07, 6.45) is 4.65. The van der Waals surface area contributed by atoms with Crippen LogP contribution in [-0.2, 0) is 4.79 Å². The van der Waals surface area contributed by atoms with Gasteiger partial charge in [0.25, 0.3) is 0 Å². The molecule has 0 atom stereocenters. The number of nitrogens with one attached hydrogen (secondary N) is 1. The zero-order valence-corrected chi connectivity index (χ0v) is 9.01. The van der Waals surface area contributed by atoms with Gasteiger partial charge in [-0.3, -0.25) is 4.79 Å². The van der Waals surface area contributed by atoms with Crippen LogP contribution in [0.15, 0.2) is 0 Å². The summed E-state index contributed by atoms with van der Waals surface area (Å²) in [6.45, 7) is 5.86. The van der Waals surface area contributed by atoms with Crippen LogP contribution in [0.2, 0.25) is 0 Å². The third-order valence-corrected chi connectivity index (χ3v) is 3.63. The Bertz CT molecular complexity index is 215. The maximum atomic E-state index is 12.2. The van der Waals surface area contributed by atoms with Crippen molar-refractivity contribution in [2.24, 2.45) is 5.41 Å². The van der Waals surface area contributed by atoms with E-state index in [0.29, 0.717) is 5.91 Å². The second kappa shape index (κ2) is 3.89. The lowest BCUT2D eigenvalue weighted by molar-refractivity contribution is -0.141. The van der Waals surface area contributed by atoms with Crippen LogP contribution in [-0.4, -0.2) is 37.0 Å². The number of hydrogen-bond donors (Lipinski definition) is 1. The van der Waals surface area contributed by atoms with Crippen molar-refractivity contribution in [2.75, 3.05) is 26.2 Å². The highest BCUT2D eigenvalue weighted by molar-refractivity contribution is 5.82. The van der Waals surface area contributed by atoms with Gasteiger partial charge in [-0.15, -0.1) is 0 Å². The van der Waals surface area contributed by atoms with E-state index in [-0.39, 0.29) is 5.41 Å². The van der Waals surface area contributed by atoms with E-state index in [1.54, 1.807) is 0 Å². The van der Waals surface area contributed by atoms with Gasteiger partial charge >= 0.3 is 0 Å². The predicted octanol–water partition coefficient (Wildman–Crippen LogP) is 0.998. The fraction of sp³-hybridized carbons (Fsp3) is 0.909. The zero-order valence-electron chi connectivity index (χ0n) is 9.01. The van der Waals surface area contributed by atoms with E-state index in [0.717, 1.165) is 39.0 Å². The summed E-state index contributed by atoms with van der Waals surface area (Å²) in [7, 11) is 0. The second-order valence-electron chi connectivity index (χ2n) is 4.81. The van der Waals surface area contributed by atoms with Crippen LogP contribution < -0.4 is 5.32 Å². The van der Waals surface area contributed by atoms with Crippen LogP contribution in [0.1, 0.15) is 32.6 Å². The maximum absolute atomic E-state index is 12.2. The van der Waals surface area contributed by atoms with Gasteiger partial charge in [0.05, 0.1) is 0 Å². The summed E-state index contributed by atoms with van der Waals surface area (Å²) in [6, 6.07) is 0. The molecule has 1 heterocycles. The second-order valence-corrected chi connectivity index (χ2v) is 4.81. The fourth-order valence-corrected chi connectivity index (χ4v) is 2.62. The maximum Gasteiger partial charge on any atom is 0.228 e. The van der Waals surface area contributed by atoms with Crippen molar-refractivity contribution < 1.29 is 4.79 Å². The predicted molar refractivity (Wildman–Crippen MR) is 56.0 cm³/mol. The Kier molecular flexibility index (Phi) is 2.77. The molecule has 0 aromatic heterocycles. The Balaban J connectivity index is 1.98. The first-order valence-corrected chi connectivity index (χ1v) is 5.72. The molecule has 2 rings (SSSR count). The summed E-state index contributed by atoms with van der Waals surface area (Å²) in [5, 5.41) is 3.28. The first-order chi connectivity index (χ1) is 6.72. The smallest absolute Gasteiger partial charge is 0.228 e. The van der Waals surface area contributed by atoms with E-state index < -0.39 is 0 Å². The third kappa shape index (κ3) is 1.78. The highest BCUT2D eigenvalue weighted by Gasteiger charge is 2.39. The Hall–Kier alpha value is -0.570. The van der Waals surface area contributed by atoms with Crippen molar-refractivity contribution in [1.82, 2.24) is 10.2 Å². The van der Waals surface area contributed by atoms with Crippen LogP contribution in [0.5, 0.6) is 0 Å². The standard InChI is InChI=1S/C11H20N2O/c1-11(4-2-3-5-11)10(14)13-8-6-12-7-9-13/h12H,2-9H2,1H3. The molecule has 0 aromatic rings. The largest absolute Gasteiger partial charge is 0.340 e. The van der Waals surface area contributed by atoms with Crippen molar-refractivity contribution >= 4 is 5.91 Å². The molecule has 80 valence electrons. The van der Waals surface area contributed by atoms with Crippen molar-refractivity contribution in [3.63, 3.8) is 0 Å². The van der Waals surface area contributed by atoms with Crippen molar-refractivity contribution in [3.05, 3.63) is 0 Å². The van der Waals surface area contributed by atoms with Gasteiger partial charge < -0.3 is 10.2 Å². The molecule has 0 bridgehead atoms. The fourth-order valence-electron chi connectivity index (χ4n) is 2.62. The molecule has 1 amide bonds. The van der Waals surface area contributed by atoms with Gasteiger partial charge in [-0.05, 0) is 12.8 Å². The van der Waals surface area contributed by atoms with Crippen LogP contribution in [0.4, 0.5) is 0 Å². The quantitative estimate of drug-likeness (QED) is 0.678. The van der Waals surface area contributed by atoms with E-state index in [2.05, 4.69) is 12.2 Å². The zero-order chi connectivity index (χ0) is 10.0. The third-order valence-electron chi connectivity index (χ3n) is 3.63. The average molecular weight is 196 g/mol. The topological polar surface area (TPSA) is 32.3 Å². The molecule has 0 unspecified atom stereocenters. The van der Waals surface area contributed by atoms with Crippen molar-refractivity contribution in [2.45, 2.75) is 32.6 Å². The first kappa shape index (κ1) is 9.97. The van der Waals surface area contributed by atoms with Crippen LogP contribution in [0.3, 0.4) is 0 Å². The average Bonchev–Trinajstić information content (AvgIpc) is 2.67. The van der Waals surface area contributed by atoms with E-state index in [1.165, 1.54) is 12.8 Å². The minimum absolute atomic E-state index is 0.0304. The summed E-state index contributed by atoms with van der Waals surface area (Å²) < 4.78 is 0. The molecule has 3 heteroatoms. The van der Waals surface area contributed by atoms with Crippen LogP contribution in [0, 0.1) is 5.41 Å². The first-order valence-electron chi connectivity index (χ1n) is 5.72. The van der Waals surface area contributed by atoms with Gasteiger partial charge in [0.15, 0.2) is 0 Å². The van der Waals surface area contributed by atoms with Gasteiger partial charge in [-0.1, -0.05) is 19.8 Å². The Labute approximate surface area is 85.8 Å².